The Bertz CT molecular complexity index is 849. The molecule has 1 N–H and O–H groups in total. The van der Waals surface area contributed by atoms with Gasteiger partial charge in [0.1, 0.15) is 17.4 Å². The molecule has 0 unspecified atom stereocenters. The van der Waals surface area contributed by atoms with Crippen LogP contribution in [0.5, 0.6) is 5.75 Å². The van der Waals surface area contributed by atoms with E-state index in [1.807, 2.05) is 0 Å². The second-order valence-corrected chi connectivity index (χ2v) is 6.38. The summed E-state index contributed by atoms with van der Waals surface area (Å²) in [6, 6.07) is 10.0. The molecule has 0 spiro atoms. The van der Waals surface area contributed by atoms with E-state index in [4.69, 9.17) is 4.74 Å². The molecule has 1 fully saturated rings. The second-order valence-electron chi connectivity index (χ2n) is 6.38. The number of nitrogens with one attached hydrogen (secondary N) is 1. The molecule has 0 saturated carbocycles. The van der Waals surface area contributed by atoms with Crippen molar-refractivity contribution in [1.29, 1.82) is 0 Å². The summed E-state index contributed by atoms with van der Waals surface area (Å²) in [6.45, 7) is 0.835. The number of hydrogen-bond acceptors (Lipinski definition) is 3. The molecule has 5 nitrogen and oxygen atoms in total. The Balaban J connectivity index is 1.59. The third kappa shape index (κ3) is 4.24. The second kappa shape index (κ2) is 8.16. The zero-order valence-corrected chi connectivity index (χ0v) is 14.9. The minimum Gasteiger partial charge on any atom is -0.496 e. The smallest absolute Gasteiger partial charge is 0.257 e. The Labute approximate surface area is 155 Å². The quantitative estimate of drug-likeness (QED) is 0.892. The van der Waals surface area contributed by atoms with Gasteiger partial charge in [0, 0.05) is 25.1 Å². The lowest BCUT2D eigenvalue weighted by Crippen LogP contribution is -2.41. The van der Waals surface area contributed by atoms with Crippen LogP contribution in [0.1, 0.15) is 23.2 Å². The maximum absolute atomic E-state index is 13.7. The summed E-state index contributed by atoms with van der Waals surface area (Å²) in [5, 5.41) is 2.50. The number of nitrogens with zero attached hydrogens (tertiary/aromatic N) is 1. The van der Waals surface area contributed by atoms with Crippen molar-refractivity contribution in [3.8, 4) is 5.75 Å². The number of para-hydroxylation sites is 1. The van der Waals surface area contributed by atoms with Gasteiger partial charge < -0.3 is 15.0 Å². The first kappa shape index (κ1) is 18.8. The average Bonchev–Trinajstić information content (AvgIpc) is 2.69. The number of benzene rings is 2. The van der Waals surface area contributed by atoms with E-state index < -0.39 is 11.6 Å². The Morgan fingerprint density at radius 1 is 1.11 bits per heavy atom. The standard InChI is InChI=1S/C20H20F2N2O3/c1-27-18-5-3-2-4-15(18)20(26)24-10-8-13(9-11-24)19(25)23-17-7-6-14(21)12-16(17)22/h2-7,12-13H,8-11H2,1H3,(H,23,25). The van der Waals surface area contributed by atoms with Crippen molar-refractivity contribution in [2.75, 3.05) is 25.5 Å². The highest BCUT2D eigenvalue weighted by molar-refractivity contribution is 5.97. The fourth-order valence-corrected chi connectivity index (χ4v) is 3.16. The minimum absolute atomic E-state index is 0.0473. The number of amides is 2. The molecule has 7 heteroatoms. The average molecular weight is 374 g/mol. The number of ether oxygens (including phenoxy) is 1. The number of piperidine rings is 1. The summed E-state index contributed by atoms with van der Waals surface area (Å²) in [4.78, 5) is 26.7. The van der Waals surface area contributed by atoms with Gasteiger partial charge in [-0.3, -0.25) is 9.59 Å². The van der Waals surface area contributed by atoms with Gasteiger partial charge in [-0.05, 0) is 37.1 Å². The molecule has 1 heterocycles. The zero-order valence-electron chi connectivity index (χ0n) is 14.9. The van der Waals surface area contributed by atoms with Gasteiger partial charge in [0.15, 0.2) is 0 Å². The lowest BCUT2D eigenvalue weighted by molar-refractivity contribution is -0.121. The molecule has 142 valence electrons. The van der Waals surface area contributed by atoms with Crippen molar-refractivity contribution < 1.29 is 23.1 Å². The highest BCUT2D eigenvalue weighted by atomic mass is 19.1. The monoisotopic (exact) mass is 374 g/mol. The molecule has 1 saturated heterocycles. The number of carbonyl (C=O) groups is 2. The summed E-state index contributed by atoms with van der Waals surface area (Å²) in [5.41, 5.74) is 0.435. The van der Waals surface area contributed by atoms with Crippen molar-refractivity contribution in [3.63, 3.8) is 0 Å². The van der Waals surface area contributed by atoms with Crippen LogP contribution in [0.15, 0.2) is 42.5 Å². The van der Waals surface area contributed by atoms with Gasteiger partial charge in [-0.2, -0.15) is 0 Å². The summed E-state index contributed by atoms with van der Waals surface area (Å²) >= 11 is 0. The molecule has 2 aromatic carbocycles. The Morgan fingerprint density at radius 3 is 2.48 bits per heavy atom. The molecule has 0 bridgehead atoms. The third-order valence-electron chi connectivity index (χ3n) is 4.68. The van der Waals surface area contributed by atoms with E-state index in [1.54, 1.807) is 29.2 Å². The number of methoxy groups -OCH3 is 1. The highest BCUT2D eigenvalue weighted by Gasteiger charge is 2.29. The molecule has 2 aromatic rings. The predicted molar refractivity (Wildman–Crippen MR) is 96.6 cm³/mol. The Hall–Kier alpha value is -2.96. The van der Waals surface area contributed by atoms with E-state index >= 15 is 0 Å². The minimum atomic E-state index is -0.813. The van der Waals surface area contributed by atoms with Crippen molar-refractivity contribution >= 4 is 17.5 Å². The molecule has 0 aromatic heterocycles. The van der Waals surface area contributed by atoms with Crippen LogP contribution in [-0.4, -0.2) is 36.9 Å². The van der Waals surface area contributed by atoms with E-state index in [0.29, 0.717) is 37.2 Å². The SMILES string of the molecule is COc1ccccc1C(=O)N1CCC(C(=O)Nc2ccc(F)cc2F)CC1. The Kier molecular flexibility index (Phi) is 5.69. The number of anilines is 1. The lowest BCUT2D eigenvalue weighted by atomic mass is 9.95. The molecule has 2 amide bonds. The predicted octanol–water partition coefficient (Wildman–Crippen LogP) is 3.46. The normalized spacial score (nSPS) is 14.7. The summed E-state index contributed by atoms with van der Waals surface area (Å²) in [7, 11) is 1.51. The molecular formula is C20H20F2N2O3. The number of carbonyl (C=O) groups excluding carboxylic acids is 2. The highest BCUT2D eigenvalue weighted by Crippen LogP contribution is 2.25. The van der Waals surface area contributed by atoms with Gasteiger partial charge in [-0.15, -0.1) is 0 Å². The number of hydrogen-bond donors (Lipinski definition) is 1. The molecule has 1 aliphatic heterocycles. The van der Waals surface area contributed by atoms with Crippen LogP contribution in [-0.2, 0) is 4.79 Å². The van der Waals surface area contributed by atoms with Gasteiger partial charge in [-0.1, -0.05) is 12.1 Å². The summed E-state index contributed by atoms with van der Waals surface area (Å²) in [6.07, 6.45) is 0.936. The maximum Gasteiger partial charge on any atom is 0.257 e. The van der Waals surface area contributed by atoms with Crippen LogP contribution in [0.2, 0.25) is 0 Å². The fraction of sp³-hybridized carbons (Fsp3) is 0.300. The number of halogens is 2. The van der Waals surface area contributed by atoms with Crippen LogP contribution in [0.3, 0.4) is 0 Å². The number of rotatable bonds is 4. The van der Waals surface area contributed by atoms with Crippen LogP contribution in [0, 0.1) is 17.6 Å². The summed E-state index contributed by atoms with van der Waals surface area (Å²) < 4.78 is 31.9. The molecular weight excluding hydrogens is 354 g/mol. The topological polar surface area (TPSA) is 58.6 Å². The zero-order chi connectivity index (χ0) is 19.4. The summed E-state index contributed by atoms with van der Waals surface area (Å²) in [5.74, 6) is -1.81. The lowest BCUT2D eigenvalue weighted by Gasteiger charge is -2.31. The van der Waals surface area contributed by atoms with E-state index in [-0.39, 0.29) is 23.4 Å². The van der Waals surface area contributed by atoms with Crippen LogP contribution >= 0.6 is 0 Å². The molecule has 0 atom stereocenters. The first-order valence-corrected chi connectivity index (χ1v) is 8.68. The Morgan fingerprint density at radius 2 is 1.81 bits per heavy atom. The first-order valence-electron chi connectivity index (χ1n) is 8.68. The van der Waals surface area contributed by atoms with E-state index in [9.17, 15) is 18.4 Å². The van der Waals surface area contributed by atoms with Crippen LogP contribution in [0.4, 0.5) is 14.5 Å². The van der Waals surface area contributed by atoms with Gasteiger partial charge in [0.05, 0.1) is 18.4 Å². The fourth-order valence-electron chi connectivity index (χ4n) is 3.16. The van der Waals surface area contributed by atoms with Crippen molar-refractivity contribution in [2.24, 2.45) is 5.92 Å². The van der Waals surface area contributed by atoms with Gasteiger partial charge in [0.25, 0.3) is 5.91 Å². The van der Waals surface area contributed by atoms with E-state index in [1.165, 1.54) is 13.2 Å². The third-order valence-corrected chi connectivity index (χ3v) is 4.68. The molecule has 27 heavy (non-hydrogen) atoms. The van der Waals surface area contributed by atoms with Crippen molar-refractivity contribution in [2.45, 2.75) is 12.8 Å². The van der Waals surface area contributed by atoms with E-state index in [2.05, 4.69) is 5.32 Å². The van der Waals surface area contributed by atoms with E-state index in [0.717, 1.165) is 12.1 Å². The van der Waals surface area contributed by atoms with Crippen molar-refractivity contribution in [3.05, 3.63) is 59.7 Å². The van der Waals surface area contributed by atoms with Crippen molar-refractivity contribution in [1.82, 2.24) is 4.90 Å². The number of likely N-dealkylation sites (tertiary alicyclic amines) is 1. The van der Waals surface area contributed by atoms with Crippen LogP contribution < -0.4 is 10.1 Å². The maximum atomic E-state index is 13.7. The van der Waals surface area contributed by atoms with Gasteiger partial charge in [0.2, 0.25) is 5.91 Å². The first-order chi connectivity index (χ1) is 13.0. The molecule has 1 aliphatic rings. The molecule has 0 aliphatic carbocycles. The van der Waals surface area contributed by atoms with Gasteiger partial charge >= 0.3 is 0 Å². The van der Waals surface area contributed by atoms with Gasteiger partial charge in [-0.25, -0.2) is 8.78 Å². The largest absolute Gasteiger partial charge is 0.496 e. The molecule has 3 rings (SSSR count). The van der Waals surface area contributed by atoms with Crippen LogP contribution in [0.25, 0.3) is 0 Å². The molecule has 0 radical (unpaired) electrons.